The van der Waals surface area contributed by atoms with E-state index in [1.807, 2.05) is 75.4 Å². The lowest BCUT2D eigenvalue weighted by atomic mass is 10.0. The number of rotatable bonds is 12. The molecule has 8 nitrogen and oxygen atoms in total. The minimum Gasteiger partial charge on any atom is -0.495 e. The SMILES string of the molecule is COc1ccc(N(CC(=O)N(Cc2ccccc2C)[C@H](Cc2ccccc2)C(=O)NC(C)C)S(C)(=O)=O)cc1Cl. The van der Waals surface area contributed by atoms with Crippen LogP contribution in [0.2, 0.25) is 5.02 Å². The molecule has 0 aliphatic carbocycles. The number of halogens is 1. The lowest BCUT2D eigenvalue weighted by molar-refractivity contribution is -0.140. The van der Waals surface area contributed by atoms with E-state index < -0.39 is 28.5 Å². The van der Waals surface area contributed by atoms with Crippen LogP contribution in [0.25, 0.3) is 0 Å². The van der Waals surface area contributed by atoms with Crippen LogP contribution in [0.1, 0.15) is 30.5 Å². The van der Waals surface area contributed by atoms with Crippen LogP contribution in [0, 0.1) is 6.92 Å². The molecule has 3 aromatic carbocycles. The fourth-order valence-corrected chi connectivity index (χ4v) is 5.42. The summed E-state index contributed by atoms with van der Waals surface area (Å²) in [5, 5.41) is 3.14. The lowest BCUT2D eigenvalue weighted by Crippen LogP contribution is -2.54. The van der Waals surface area contributed by atoms with Gasteiger partial charge in [0.15, 0.2) is 0 Å². The predicted octanol–water partition coefficient (Wildman–Crippen LogP) is 4.59. The van der Waals surface area contributed by atoms with Crippen molar-refractivity contribution in [3.8, 4) is 5.75 Å². The highest BCUT2D eigenvalue weighted by molar-refractivity contribution is 7.92. The molecular weight excluding hydrogens is 550 g/mol. The van der Waals surface area contributed by atoms with Crippen molar-refractivity contribution in [3.05, 3.63) is 94.5 Å². The zero-order valence-corrected chi connectivity index (χ0v) is 25.0. The van der Waals surface area contributed by atoms with E-state index in [1.165, 1.54) is 24.1 Å². The summed E-state index contributed by atoms with van der Waals surface area (Å²) in [4.78, 5) is 29.1. The van der Waals surface area contributed by atoms with Crippen molar-refractivity contribution in [1.82, 2.24) is 10.2 Å². The summed E-state index contributed by atoms with van der Waals surface area (Å²) in [5.74, 6) is -0.473. The number of carbonyl (C=O) groups is 2. The number of nitrogens with zero attached hydrogens (tertiary/aromatic N) is 2. The maximum Gasteiger partial charge on any atom is 0.244 e. The standard InChI is InChI=1S/C30H36ClN3O5S/c1-21(2)32-30(36)27(17-23-12-7-6-8-13-23)33(19-24-14-10-9-11-22(24)3)29(35)20-34(40(5,37)38)25-15-16-28(39-4)26(31)18-25/h6-16,18,21,27H,17,19-20H2,1-5H3,(H,32,36)/t27-/m1/s1. The highest BCUT2D eigenvalue weighted by Gasteiger charge is 2.33. The van der Waals surface area contributed by atoms with E-state index in [2.05, 4.69) is 5.32 Å². The van der Waals surface area contributed by atoms with E-state index in [1.54, 1.807) is 6.07 Å². The molecule has 0 unspecified atom stereocenters. The van der Waals surface area contributed by atoms with Gasteiger partial charge in [0.1, 0.15) is 18.3 Å². The average molecular weight is 586 g/mol. The van der Waals surface area contributed by atoms with Crippen LogP contribution in [-0.2, 0) is 32.6 Å². The summed E-state index contributed by atoms with van der Waals surface area (Å²) < 4.78 is 32.0. The Morgan fingerprint density at radius 1 is 1.00 bits per heavy atom. The predicted molar refractivity (Wildman–Crippen MR) is 159 cm³/mol. The van der Waals surface area contributed by atoms with Crippen LogP contribution in [0.3, 0.4) is 0 Å². The molecule has 0 aliphatic heterocycles. The second-order valence-corrected chi connectivity index (χ2v) is 12.2. The summed E-state index contributed by atoms with van der Waals surface area (Å²) in [6.07, 6.45) is 1.28. The molecule has 40 heavy (non-hydrogen) atoms. The van der Waals surface area contributed by atoms with Gasteiger partial charge in [-0.25, -0.2) is 8.42 Å². The normalized spacial score (nSPS) is 12.1. The summed E-state index contributed by atoms with van der Waals surface area (Å²) in [6, 6.07) is 20.5. The van der Waals surface area contributed by atoms with Crippen molar-refractivity contribution in [2.24, 2.45) is 0 Å². The maximum atomic E-state index is 14.1. The van der Waals surface area contributed by atoms with Crippen molar-refractivity contribution in [2.45, 2.75) is 45.8 Å². The van der Waals surface area contributed by atoms with Gasteiger partial charge in [0.25, 0.3) is 0 Å². The monoisotopic (exact) mass is 585 g/mol. The van der Waals surface area contributed by atoms with E-state index in [0.29, 0.717) is 5.75 Å². The van der Waals surface area contributed by atoms with Gasteiger partial charge in [-0.2, -0.15) is 0 Å². The molecule has 2 amide bonds. The zero-order valence-electron chi connectivity index (χ0n) is 23.4. The van der Waals surface area contributed by atoms with E-state index in [-0.39, 0.29) is 35.6 Å². The Hall–Kier alpha value is -3.56. The summed E-state index contributed by atoms with van der Waals surface area (Å²) in [5.41, 5.74) is 2.88. The van der Waals surface area contributed by atoms with Gasteiger partial charge in [0.2, 0.25) is 21.8 Å². The fourth-order valence-electron chi connectivity index (χ4n) is 4.33. The van der Waals surface area contributed by atoms with E-state index >= 15 is 0 Å². The number of ether oxygens (including phenoxy) is 1. The largest absolute Gasteiger partial charge is 0.495 e. The Morgan fingerprint density at radius 2 is 1.65 bits per heavy atom. The molecule has 0 aliphatic rings. The number of nitrogens with one attached hydrogen (secondary N) is 1. The van der Waals surface area contributed by atoms with Crippen LogP contribution in [-0.4, -0.2) is 57.1 Å². The van der Waals surface area contributed by atoms with Gasteiger partial charge in [-0.1, -0.05) is 66.2 Å². The molecular formula is C30H36ClN3O5S. The number of sulfonamides is 1. The van der Waals surface area contributed by atoms with Gasteiger partial charge in [-0.05, 0) is 55.7 Å². The zero-order chi connectivity index (χ0) is 29.4. The smallest absolute Gasteiger partial charge is 0.244 e. The van der Waals surface area contributed by atoms with Crippen LogP contribution >= 0.6 is 11.6 Å². The van der Waals surface area contributed by atoms with Crippen molar-refractivity contribution >= 4 is 39.1 Å². The van der Waals surface area contributed by atoms with Crippen molar-refractivity contribution < 1.29 is 22.7 Å². The quantitative estimate of drug-likeness (QED) is 0.335. The van der Waals surface area contributed by atoms with Crippen LogP contribution < -0.4 is 14.4 Å². The van der Waals surface area contributed by atoms with Crippen molar-refractivity contribution in [1.29, 1.82) is 0 Å². The second kappa shape index (κ2) is 13.7. The Morgan fingerprint density at radius 3 is 2.23 bits per heavy atom. The fraction of sp³-hybridized carbons (Fsp3) is 0.333. The number of carbonyl (C=O) groups excluding carboxylic acids is 2. The number of hydrogen-bond donors (Lipinski definition) is 1. The highest BCUT2D eigenvalue weighted by atomic mass is 35.5. The van der Waals surface area contributed by atoms with Crippen LogP contribution in [0.15, 0.2) is 72.8 Å². The molecule has 0 saturated carbocycles. The van der Waals surface area contributed by atoms with E-state index in [0.717, 1.165) is 27.3 Å². The first kappa shape index (κ1) is 31.0. The van der Waals surface area contributed by atoms with Gasteiger partial charge in [0, 0.05) is 19.0 Å². The maximum absolute atomic E-state index is 14.1. The first-order valence-corrected chi connectivity index (χ1v) is 15.1. The topological polar surface area (TPSA) is 96.0 Å². The molecule has 0 aromatic heterocycles. The highest BCUT2D eigenvalue weighted by Crippen LogP contribution is 2.30. The summed E-state index contributed by atoms with van der Waals surface area (Å²) in [6.45, 7) is 5.23. The number of aryl methyl sites for hydroxylation is 1. The molecule has 0 spiro atoms. The third-order valence-electron chi connectivity index (χ3n) is 6.41. The molecule has 0 radical (unpaired) electrons. The van der Waals surface area contributed by atoms with Gasteiger partial charge in [-0.15, -0.1) is 0 Å². The lowest BCUT2D eigenvalue weighted by Gasteiger charge is -2.34. The van der Waals surface area contributed by atoms with Gasteiger partial charge in [-0.3, -0.25) is 13.9 Å². The Labute approximate surface area is 241 Å². The number of hydrogen-bond acceptors (Lipinski definition) is 5. The van der Waals surface area contributed by atoms with Gasteiger partial charge >= 0.3 is 0 Å². The number of methoxy groups -OCH3 is 1. The molecule has 0 bridgehead atoms. The minimum absolute atomic E-state index is 0.121. The molecule has 3 aromatic rings. The molecule has 10 heteroatoms. The van der Waals surface area contributed by atoms with Crippen LogP contribution in [0.5, 0.6) is 5.75 Å². The number of benzene rings is 3. The van der Waals surface area contributed by atoms with Crippen LogP contribution in [0.4, 0.5) is 5.69 Å². The molecule has 1 atom stereocenters. The Balaban J connectivity index is 2.07. The molecule has 214 valence electrons. The molecule has 0 saturated heterocycles. The molecule has 1 N–H and O–H groups in total. The molecule has 0 fully saturated rings. The summed E-state index contributed by atoms with van der Waals surface area (Å²) in [7, 11) is -2.45. The van der Waals surface area contributed by atoms with Crippen molar-refractivity contribution in [2.75, 3.05) is 24.2 Å². The third kappa shape index (κ3) is 8.22. The number of anilines is 1. The molecule has 3 rings (SSSR count). The van der Waals surface area contributed by atoms with E-state index in [9.17, 15) is 18.0 Å². The Kier molecular flexibility index (Phi) is 10.6. The minimum atomic E-state index is -3.90. The first-order valence-electron chi connectivity index (χ1n) is 12.9. The van der Waals surface area contributed by atoms with Crippen molar-refractivity contribution in [3.63, 3.8) is 0 Å². The van der Waals surface area contributed by atoms with E-state index in [4.69, 9.17) is 16.3 Å². The van der Waals surface area contributed by atoms with Gasteiger partial charge in [0.05, 0.1) is 24.1 Å². The number of amides is 2. The summed E-state index contributed by atoms with van der Waals surface area (Å²) >= 11 is 6.28. The molecule has 0 heterocycles. The average Bonchev–Trinajstić information content (AvgIpc) is 2.89. The third-order valence-corrected chi connectivity index (χ3v) is 7.84. The Bertz CT molecular complexity index is 1430. The first-order chi connectivity index (χ1) is 18.9. The van der Waals surface area contributed by atoms with Gasteiger partial charge < -0.3 is 15.0 Å². The second-order valence-electron chi connectivity index (χ2n) is 9.91.